The highest BCUT2D eigenvalue weighted by Gasteiger charge is 2.27. The van der Waals surface area contributed by atoms with Gasteiger partial charge in [0, 0.05) is 31.9 Å². The SMILES string of the molecule is CCOC(=O)[C@H]1CC[C@@H](Nc2ncc(C)c(N(C)C)n2)CC1. The fourth-order valence-electron chi connectivity index (χ4n) is 2.87. The Morgan fingerprint density at radius 3 is 2.64 bits per heavy atom. The van der Waals surface area contributed by atoms with E-state index < -0.39 is 0 Å². The minimum Gasteiger partial charge on any atom is -0.466 e. The van der Waals surface area contributed by atoms with Crippen LogP contribution in [0.2, 0.25) is 0 Å². The molecule has 1 aromatic rings. The lowest BCUT2D eigenvalue weighted by molar-refractivity contribution is -0.149. The van der Waals surface area contributed by atoms with Crippen molar-refractivity contribution in [1.82, 2.24) is 9.97 Å². The lowest BCUT2D eigenvalue weighted by Gasteiger charge is -2.28. The number of anilines is 2. The number of nitrogens with one attached hydrogen (secondary N) is 1. The molecule has 0 aliphatic heterocycles. The van der Waals surface area contributed by atoms with Crippen LogP contribution in [0.4, 0.5) is 11.8 Å². The normalized spacial score (nSPS) is 21.3. The third-order valence-electron chi connectivity index (χ3n) is 4.05. The van der Waals surface area contributed by atoms with Crippen molar-refractivity contribution in [3.8, 4) is 0 Å². The summed E-state index contributed by atoms with van der Waals surface area (Å²) in [6, 6.07) is 0.323. The van der Waals surface area contributed by atoms with Gasteiger partial charge in [-0.05, 0) is 39.5 Å². The zero-order valence-corrected chi connectivity index (χ0v) is 13.9. The zero-order valence-electron chi connectivity index (χ0n) is 13.9. The van der Waals surface area contributed by atoms with Crippen molar-refractivity contribution in [3.63, 3.8) is 0 Å². The first-order valence-corrected chi connectivity index (χ1v) is 7.95. The van der Waals surface area contributed by atoms with Crippen molar-refractivity contribution in [2.75, 3.05) is 30.9 Å². The Bertz CT molecular complexity index is 511. The molecule has 6 nitrogen and oxygen atoms in total. The quantitative estimate of drug-likeness (QED) is 0.843. The average Bonchev–Trinajstić information content (AvgIpc) is 2.50. The van der Waals surface area contributed by atoms with E-state index in [-0.39, 0.29) is 11.9 Å². The number of nitrogens with zero attached hydrogens (tertiary/aromatic N) is 3. The molecule has 6 heteroatoms. The molecular formula is C16H26N4O2. The van der Waals surface area contributed by atoms with Gasteiger partial charge in [-0.2, -0.15) is 4.98 Å². The molecule has 0 spiro atoms. The second-order valence-corrected chi connectivity index (χ2v) is 6.04. The topological polar surface area (TPSA) is 67.3 Å². The lowest BCUT2D eigenvalue weighted by atomic mass is 9.86. The van der Waals surface area contributed by atoms with E-state index in [1.54, 1.807) is 0 Å². The molecule has 1 saturated carbocycles. The molecule has 0 radical (unpaired) electrons. The second kappa shape index (κ2) is 7.42. The van der Waals surface area contributed by atoms with Crippen molar-refractivity contribution in [1.29, 1.82) is 0 Å². The van der Waals surface area contributed by atoms with Gasteiger partial charge in [0.2, 0.25) is 5.95 Å². The standard InChI is InChI=1S/C16H26N4O2/c1-5-22-15(21)12-6-8-13(9-7-12)18-16-17-10-11(2)14(19-16)20(3)4/h10,12-13H,5-9H2,1-4H3,(H,17,18,19)/t12-,13+. The van der Waals surface area contributed by atoms with Crippen LogP contribution in [0.15, 0.2) is 6.20 Å². The summed E-state index contributed by atoms with van der Waals surface area (Å²) in [5.41, 5.74) is 1.06. The van der Waals surface area contributed by atoms with Crippen molar-refractivity contribution in [2.45, 2.75) is 45.6 Å². The van der Waals surface area contributed by atoms with E-state index in [1.807, 2.05) is 39.0 Å². The number of rotatable bonds is 5. The van der Waals surface area contributed by atoms with E-state index in [0.29, 0.717) is 18.6 Å². The molecule has 1 fully saturated rings. The van der Waals surface area contributed by atoms with Gasteiger partial charge < -0.3 is 15.0 Å². The molecule has 0 unspecified atom stereocenters. The van der Waals surface area contributed by atoms with Crippen LogP contribution in [0.3, 0.4) is 0 Å². The highest BCUT2D eigenvalue weighted by atomic mass is 16.5. The van der Waals surface area contributed by atoms with Gasteiger partial charge in [0.25, 0.3) is 0 Å². The second-order valence-electron chi connectivity index (χ2n) is 6.04. The van der Waals surface area contributed by atoms with Gasteiger partial charge in [0.1, 0.15) is 5.82 Å². The van der Waals surface area contributed by atoms with E-state index in [1.165, 1.54) is 0 Å². The van der Waals surface area contributed by atoms with Crippen LogP contribution in [-0.4, -0.2) is 42.7 Å². The Kier molecular flexibility index (Phi) is 5.57. The van der Waals surface area contributed by atoms with Crippen LogP contribution in [0.25, 0.3) is 0 Å². The fraction of sp³-hybridized carbons (Fsp3) is 0.688. The molecule has 1 N–H and O–H groups in total. The molecular weight excluding hydrogens is 280 g/mol. The van der Waals surface area contributed by atoms with Crippen LogP contribution in [0, 0.1) is 12.8 Å². The third-order valence-corrected chi connectivity index (χ3v) is 4.05. The van der Waals surface area contributed by atoms with Gasteiger partial charge >= 0.3 is 5.97 Å². The average molecular weight is 306 g/mol. The number of aromatic nitrogens is 2. The van der Waals surface area contributed by atoms with Crippen LogP contribution in [-0.2, 0) is 9.53 Å². The summed E-state index contributed by atoms with van der Waals surface area (Å²) >= 11 is 0. The van der Waals surface area contributed by atoms with Crippen molar-refractivity contribution < 1.29 is 9.53 Å². The predicted molar refractivity (Wildman–Crippen MR) is 87.1 cm³/mol. The first-order chi connectivity index (χ1) is 10.5. The summed E-state index contributed by atoms with van der Waals surface area (Å²) in [5, 5.41) is 3.39. The van der Waals surface area contributed by atoms with Crippen LogP contribution in [0.5, 0.6) is 0 Å². The van der Waals surface area contributed by atoms with Crippen LogP contribution < -0.4 is 10.2 Å². The molecule has 1 aliphatic rings. The maximum atomic E-state index is 11.7. The molecule has 2 rings (SSSR count). The number of carbonyl (C=O) groups is 1. The number of carbonyl (C=O) groups excluding carboxylic acids is 1. The lowest BCUT2D eigenvalue weighted by Crippen LogP contribution is -2.31. The fourth-order valence-corrected chi connectivity index (χ4v) is 2.87. The largest absolute Gasteiger partial charge is 0.466 e. The van der Waals surface area contributed by atoms with Crippen molar-refractivity contribution in [2.24, 2.45) is 5.92 Å². The van der Waals surface area contributed by atoms with Crippen LogP contribution in [0.1, 0.15) is 38.2 Å². The number of hydrogen-bond donors (Lipinski definition) is 1. The Morgan fingerprint density at radius 2 is 2.05 bits per heavy atom. The Morgan fingerprint density at radius 1 is 1.36 bits per heavy atom. The summed E-state index contributed by atoms with van der Waals surface area (Å²) in [6.07, 6.45) is 5.46. The summed E-state index contributed by atoms with van der Waals surface area (Å²) in [5.74, 6) is 1.59. The van der Waals surface area contributed by atoms with Gasteiger partial charge in [-0.25, -0.2) is 4.98 Å². The van der Waals surface area contributed by atoms with Gasteiger partial charge in [-0.15, -0.1) is 0 Å². The van der Waals surface area contributed by atoms with E-state index in [0.717, 1.165) is 37.1 Å². The van der Waals surface area contributed by atoms with Gasteiger partial charge in [-0.3, -0.25) is 4.79 Å². The first kappa shape index (κ1) is 16.5. The molecule has 0 atom stereocenters. The molecule has 22 heavy (non-hydrogen) atoms. The number of esters is 1. The molecule has 0 bridgehead atoms. The minimum absolute atomic E-state index is 0.0503. The smallest absolute Gasteiger partial charge is 0.308 e. The molecule has 1 aliphatic carbocycles. The summed E-state index contributed by atoms with van der Waals surface area (Å²) < 4.78 is 5.10. The van der Waals surface area contributed by atoms with E-state index >= 15 is 0 Å². The van der Waals surface area contributed by atoms with E-state index in [4.69, 9.17) is 4.74 Å². The molecule has 0 saturated heterocycles. The predicted octanol–water partition coefficient (Wildman–Crippen LogP) is 2.38. The van der Waals surface area contributed by atoms with Crippen molar-refractivity contribution in [3.05, 3.63) is 11.8 Å². The van der Waals surface area contributed by atoms with Gasteiger partial charge in [0.15, 0.2) is 0 Å². The zero-order chi connectivity index (χ0) is 16.1. The first-order valence-electron chi connectivity index (χ1n) is 7.95. The molecule has 1 heterocycles. The number of ether oxygens (including phenoxy) is 1. The maximum absolute atomic E-state index is 11.7. The van der Waals surface area contributed by atoms with Crippen LogP contribution >= 0.6 is 0 Å². The minimum atomic E-state index is -0.0533. The monoisotopic (exact) mass is 306 g/mol. The molecule has 122 valence electrons. The Hall–Kier alpha value is -1.85. The summed E-state index contributed by atoms with van der Waals surface area (Å²) in [4.78, 5) is 22.7. The molecule has 0 aromatic carbocycles. The molecule has 1 aromatic heterocycles. The summed E-state index contributed by atoms with van der Waals surface area (Å²) in [7, 11) is 3.95. The van der Waals surface area contributed by atoms with Gasteiger partial charge in [-0.1, -0.05) is 0 Å². The Labute approximate surface area is 132 Å². The third kappa shape index (κ3) is 4.08. The van der Waals surface area contributed by atoms with Crippen molar-refractivity contribution >= 4 is 17.7 Å². The molecule has 0 amide bonds. The highest BCUT2D eigenvalue weighted by molar-refractivity contribution is 5.72. The highest BCUT2D eigenvalue weighted by Crippen LogP contribution is 2.27. The summed E-state index contributed by atoms with van der Waals surface area (Å²) in [6.45, 7) is 4.31. The number of aryl methyl sites for hydroxylation is 1. The van der Waals surface area contributed by atoms with Gasteiger partial charge in [0.05, 0.1) is 12.5 Å². The van der Waals surface area contributed by atoms with E-state index in [2.05, 4.69) is 15.3 Å². The Balaban J connectivity index is 1.91. The number of hydrogen-bond acceptors (Lipinski definition) is 6. The maximum Gasteiger partial charge on any atom is 0.308 e. The van der Waals surface area contributed by atoms with E-state index in [9.17, 15) is 4.79 Å².